The number of carbonyl (C=O) groups excluding carboxylic acids is 1. The van der Waals surface area contributed by atoms with E-state index in [9.17, 15) is 26.4 Å². The third kappa shape index (κ3) is 4.44. The van der Waals surface area contributed by atoms with Crippen LogP contribution in [0.3, 0.4) is 0 Å². The van der Waals surface area contributed by atoms with E-state index in [2.05, 4.69) is 14.9 Å². The Hall–Kier alpha value is -2.60. The van der Waals surface area contributed by atoms with E-state index in [0.717, 1.165) is 24.3 Å². The standard InChI is InChI=1S/C16H17F3N4O4S/c17-16(18,19)27-11-1-3-12(4-2-11)28(25,26)23-7-5-10(6-8-23)13-9-14(15(20)24)22-21-13/h1-4,9-10H,5-8H2,(H2,20,24)(H,21,22). The van der Waals surface area contributed by atoms with Gasteiger partial charge in [-0.3, -0.25) is 9.89 Å². The van der Waals surface area contributed by atoms with Gasteiger partial charge in [-0.25, -0.2) is 8.42 Å². The number of piperidine rings is 1. The first-order valence-corrected chi connectivity index (χ1v) is 9.71. The van der Waals surface area contributed by atoms with Crippen molar-refractivity contribution in [1.29, 1.82) is 0 Å². The number of halogens is 3. The van der Waals surface area contributed by atoms with Crippen LogP contribution in [0.1, 0.15) is 34.9 Å². The molecule has 0 saturated carbocycles. The number of hydrogen-bond acceptors (Lipinski definition) is 5. The molecule has 0 spiro atoms. The minimum atomic E-state index is -4.84. The summed E-state index contributed by atoms with van der Waals surface area (Å²) in [6.45, 7) is 0.442. The van der Waals surface area contributed by atoms with Gasteiger partial charge in [0.1, 0.15) is 11.4 Å². The Balaban J connectivity index is 1.66. The Morgan fingerprint density at radius 3 is 2.32 bits per heavy atom. The van der Waals surface area contributed by atoms with Crippen molar-refractivity contribution in [2.75, 3.05) is 13.1 Å². The zero-order valence-corrected chi connectivity index (χ0v) is 15.3. The van der Waals surface area contributed by atoms with Crippen LogP contribution in [0.4, 0.5) is 13.2 Å². The molecule has 0 radical (unpaired) electrons. The summed E-state index contributed by atoms with van der Waals surface area (Å²) in [6, 6.07) is 5.63. The zero-order valence-electron chi connectivity index (χ0n) is 14.4. The number of alkyl halides is 3. The van der Waals surface area contributed by atoms with Crippen molar-refractivity contribution in [1.82, 2.24) is 14.5 Å². The van der Waals surface area contributed by atoms with Crippen LogP contribution in [-0.2, 0) is 10.0 Å². The summed E-state index contributed by atoms with van der Waals surface area (Å²) in [7, 11) is -3.84. The van der Waals surface area contributed by atoms with E-state index in [-0.39, 0.29) is 29.6 Å². The molecule has 1 aliphatic rings. The average Bonchev–Trinajstić information content (AvgIpc) is 3.11. The average molecular weight is 418 g/mol. The van der Waals surface area contributed by atoms with Gasteiger partial charge < -0.3 is 10.5 Å². The lowest BCUT2D eigenvalue weighted by Gasteiger charge is -2.30. The Labute approximate surface area is 158 Å². The number of benzene rings is 1. The van der Waals surface area contributed by atoms with Crippen molar-refractivity contribution in [3.63, 3.8) is 0 Å². The fourth-order valence-corrected chi connectivity index (χ4v) is 4.51. The largest absolute Gasteiger partial charge is 0.573 e. The molecular weight excluding hydrogens is 401 g/mol. The third-order valence-corrected chi connectivity index (χ3v) is 6.35. The fourth-order valence-electron chi connectivity index (χ4n) is 3.04. The number of carbonyl (C=O) groups is 1. The Kier molecular flexibility index (Phi) is 5.35. The van der Waals surface area contributed by atoms with E-state index in [0.29, 0.717) is 18.5 Å². The van der Waals surface area contributed by atoms with Gasteiger partial charge in [0.15, 0.2) is 0 Å². The molecule has 1 aromatic carbocycles. The summed E-state index contributed by atoms with van der Waals surface area (Å²) in [6.07, 6.45) is -3.85. The molecule has 1 aliphatic heterocycles. The van der Waals surface area contributed by atoms with Crippen LogP contribution >= 0.6 is 0 Å². The third-order valence-electron chi connectivity index (χ3n) is 4.44. The van der Waals surface area contributed by atoms with E-state index in [1.807, 2.05) is 0 Å². The number of aromatic amines is 1. The van der Waals surface area contributed by atoms with Gasteiger partial charge in [-0.05, 0) is 43.2 Å². The van der Waals surface area contributed by atoms with E-state index < -0.39 is 28.0 Å². The van der Waals surface area contributed by atoms with E-state index in [1.165, 1.54) is 4.31 Å². The number of nitrogens with one attached hydrogen (secondary N) is 1. The van der Waals surface area contributed by atoms with E-state index >= 15 is 0 Å². The van der Waals surface area contributed by atoms with Gasteiger partial charge in [0.2, 0.25) is 10.0 Å². The van der Waals surface area contributed by atoms with Crippen molar-refractivity contribution >= 4 is 15.9 Å². The van der Waals surface area contributed by atoms with Gasteiger partial charge in [0.25, 0.3) is 5.91 Å². The number of H-pyrrole nitrogens is 1. The molecule has 2 heterocycles. The number of hydrogen-bond donors (Lipinski definition) is 2. The molecule has 3 N–H and O–H groups in total. The summed E-state index contributed by atoms with van der Waals surface area (Å²) >= 11 is 0. The number of amides is 1. The number of aromatic nitrogens is 2. The minimum Gasteiger partial charge on any atom is -0.406 e. The molecule has 12 heteroatoms. The van der Waals surface area contributed by atoms with Crippen LogP contribution < -0.4 is 10.5 Å². The molecule has 0 unspecified atom stereocenters. The van der Waals surface area contributed by atoms with E-state index in [1.54, 1.807) is 6.07 Å². The molecule has 1 amide bonds. The number of rotatable bonds is 5. The second kappa shape index (κ2) is 7.43. The van der Waals surface area contributed by atoms with Gasteiger partial charge in [-0.15, -0.1) is 13.2 Å². The topological polar surface area (TPSA) is 118 Å². The Morgan fingerprint density at radius 2 is 1.82 bits per heavy atom. The highest BCUT2D eigenvalue weighted by Crippen LogP contribution is 2.31. The normalized spacial score (nSPS) is 16.8. The predicted molar refractivity (Wildman–Crippen MR) is 91.0 cm³/mol. The lowest BCUT2D eigenvalue weighted by atomic mass is 9.94. The van der Waals surface area contributed by atoms with Gasteiger partial charge in [-0.1, -0.05) is 0 Å². The first kappa shape index (κ1) is 20.1. The summed E-state index contributed by atoms with van der Waals surface area (Å²) in [5.74, 6) is -1.15. The predicted octanol–water partition coefficient (Wildman–Crippen LogP) is 1.98. The highest BCUT2D eigenvalue weighted by atomic mass is 32.2. The molecule has 2 aromatic rings. The Morgan fingerprint density at radius 1 is 1.21 bits per heavy atom. The van der Waals surface area contributed by atoms with Crippen molar-refractivity contribution in [3.8, 4) is 5.75 Å². The van der Waals surface area contributed by atoms with Crippen LogP contribution in [-0.4, -0.2) is 48.3 Å². The SMILES string of the molecule is NC(=O)c1cc(C2CCN(S(=O)(=O)c3ccc(OC(F)(F)F)cc3)CC2)[nH]n1. The van der Waals surface area contributed by atoms with Crippen LogP contribution in [0.15, 0.2) is 35.2 Å². The summed E-state index contributed by atoms with van der Waals surface area (Å²) in [5, 5.41) is 6.56. The Bertz CT molecular complexity index is 949. The quantitative estimate of drug-likeness (QED) is 0.770. The molecule has 0 aliphatic carbocycles. The molecular formula is C16H17F3N4O4S. The molecule has 1 aromatic heterocycles. The first-order chi connectivity index (χ1) is 13.1. The molecule has 152 valence electrons. The van der Waals surface area contributed by atoms with Crippen LogP contribution in [0, 0.1) is 0 Å². The fraction of sp³-hybridized carbons (Fsp3) is 0.375. The van der Waals surface area contributed by atoms with Crippen molar-refractivity contribution in [2.24, 2.45) is 5.73 Å². The second-order valence-electron chi connectivity index (χ2n) is 6.27. The van der Waals surface area contributed by atoms with Gasteiger partial charge in [0, 0.05) is 24.7 Å². The van der Waals surface area contributed by atoms with E-state index in [4.69, 9.17) is 5.73 Å². The maximum atomic E-state index is 12.7. The number of sulfonamides is 1. The number of nitrogens with zero attached hydrogens (tertiary/aromatic N) is 2. The smallest absolute Gasteiger partial charge is 0.406 e. The zero-order chi connectivity index (χ0) is 20.5. The maximum absolute atomic E-state index is 12.7. The lowest BCUT2D eigenvalue weighted by molar-refractivity contribution is -0.274. The van der Waals surface area contributed by atoms with Crippen LogP contribution in [0.2, 0.25) is 0 Å². The van der Waals surface area contributed by atoms with Crippen molar-refractivity contribution in [2.45, 2.75) is 30.0 Å². The monoisotopic (exact) mass is 418 g/mol. The van der Waals surface area contributed by atoms with Crippen LogP contribution in [0.25, 0.3) is 0 Å². The van der Waals surface area contributed by atoms with Crippen molar-refractivity contribution in [3.05, 3.63) is 41.7 Å². The molecule has 1 fully saturated rings. The summed E-state index contributed by atoms with van der Waals surface area (Å²) < 4.78 is 67.0. The molecule has 8 nitrogen and oxygen atoms in total. The number of nitrogens with two attached hydrogens (primary N) is 1. The molecule has 0 atom stereocenters. The lowest BCUT2D eigenvalue weighted by Crippen LogP contribution is -2.37. The van der Waals surface area contributed by atoms with Gasteiger partial charge in [0.05, 0.1) is 4.90 Å². The first-order valence-electron chi connectivity index (χ1n) is 8.27. The minimum absolute atomic E-state index is 0.00499. The molecule has 3 rings (SSSR count). The van der Waals surface area contributed by atoms with Gasteiger partial charge in [-0.2, -0.15) is 9.40 Å². The number of primary amides is 1. The number of ether oxygens (including phenoxy) is 1. The highest BCUT2D eigenvalue weighted by molar-refractivity contribution is 7.89. The van der Waals surface area contributed by atoms with Crippen LogP contribution in [0.5, 0.6) is 5.75 Å². The summed E-state index contributed by atoms with van der Waals surface area (Å²) in [4.78, 5) is 11.0. The van der Waals surface area contributed by atoms with Crippen molar-refractivity contribution < 1.29 is 31.1 Å². The maximum Gasteiger partial charge on any atom is 0.573 e. The summed E-state index contributed by atoms with van der Waals surface area (Å²) in [5.41, 5.74) is 5.99. The molecule has 28 heavy (non-hydrogen) atoms. The highest BCUT2D eigenvalue weighted by Gasteiger charge is 2.33. The van der Waals surface area contributed by atoms with Gasteiger partial charge >= 0.3 is 6.36 Å². The molecule has 1 saturated heterocycles. The molecule has 0 bridgehead atoms. The second-order valence-corrected chi connectivity index (χ2v) is 8.21.